The predicted molar refractivity (Wildman–Crippen MR) is 148 cm³/mol. The van der Waals surface area contributed by atoms with Crippen LogP contribution in [-0.2, 0) is 10.0 Å². The summed E-state index contributed by atoms with van der Waals surface area (Å²) in [5.74, 6) is 1.42. The van der Waals surface area contributed by atoms with E-state index in [1.165, 1.54) is 10.2 Å². The third kappa shape index (κ3) is 4.84. The first-order valence-corrected chi connectivity index (χ1v) is 14.7. The minimum Gasteiger partial charge on any atom is -0.351 e. The second kappa shape index (κ2) is 9.98. The van der Waals surface area contributed by atoms with Crippen LogP contribution in [0.4, 0.5) is 17.6 Å². The summed E-state index contributed by atoms with van der Waals surface area (Å²) in [5, 5.41) is 23.5. The topological polar surface area (TPSA) is 145 Å². The van der Waals surface area contributed by atoms with Gasteiger partial charge in [0.15, 0.2) is 11.5 Å². The van der Waals surface area contributed by atoms with E-state index in [0.29, 0.717) is 41.5 Å². The first-order chi connectivity index (χ1) is 18.8. The highest BCUT2D eigenvalue weighted by Gasteiger charge is 2.40. The maximum atomic E-state index is 13.6. The van der Waals surface area contributed by atoms with Crippen LogP contribution in [0.1, 0.15) is 43.4 Å². The van der Waals surface area contributed by atoms with Gasteiger partial charge in [0, 0.05) is 49.0 Å². The van der Waals surface area contributed by atoms with E-state index in [-0.39, 0.29) is 16.6 Å². The van der Waals surface area contributed by atoms with Crippen LogP contribution < -0.4 is 10.6 Å². The first-order valence-electron chi connectivity index (χ1n) is 13.2. The Bertz CT molecular complexity index is 1640. The van der Waals surface area contributed by atoms with E-state index >= 15 is 0 Å². The molecular formula is C27H31N9O2S. The van der Waals surface area contributed by atoms with Crippen molar-refractivity contribution in [1.82, 2.24) is 29.0 Å². The average Bonchev–Trinajstić information content (AvgIpc) is 3.59. The fraction of sp³-hybridized carbons (Fsp3) is 0.407. The number of aryl methyl sites for hydroxylation is 2. The molecule has 3 aromatic heterocycles. The van der Waals surface area contributed by atoms with Crippen molar-refractivity contribution >= 4 is 38.6 Å². The van der Waals surface area contributed by atoms with E-state index in [9.17, 15) is 8.42 Å². The molecule has 0 radical (unpaired) electrons. The molecule has 0 spiro atoms. The summed E-state index contributed by atoms with van der Waals surface area (Å²) in [6, 6.07) is 13.6. The van der Waals surface area contributed by atoms with E-state index in [1.54, 1.807) is 30.3 Å². The van der Waals surface area contributed by atoms with Crippen LogP contribution in [0.25, 0.3) is 11.0 Å². The molecule has 6 rings (SSSR count). The molecule has 2 aliphatic rings. The molecule has 2 saturated heterocycles. The number of aromatic amines is 1. The summed E-state index contributed by atoms with van der Waals surface area (Å²) >= 11 is 0. The molecule has 0 unspecified atom stereocenters. The smallest absolute Gasteiger partial charge is 0.269 e. The van der Waals surface area contributed by atoms with Gasteiger partial charge in [-0.1, -0.05) is 17.7 Å². The Balaban J connectivity index is 1.36. The highest BCUT2D eigenvalue weighted by atomic mass is 32.2. The highest BCUT2D eigenvalue weighted by Crippen LogP contribution is 2.37. The number of fused-ring (bicyclic) bond motifs is 3. The molecule has 2 bridgehead atoms. The molecule has 3 atom stereocenters. The number of benzene rings is 1. The van der Waals surface area contributed by atoms with Gasteiger partial charge in [0.25, 0.3) is 10.0 Å². The van der Waals surface area contributed by atoms with Gasteiger partial charge in [0.1, 0.15) is 5.82 Å². The van der Waals surface area contributed by atoms with Gasteiger partial charge >= 0.3 is 0 Å². The lowest BCUT2D eigenvalue weighted by Gasteiger charge is -2.38. The lowest BCUT2D eigenvalue weighted by Crippen LogP contribution is -2.47. The van der Waals surface area contributed by atoms with Crippen LogP contribution >= 0.6 is 0 Å². The van der Waals surface area contributed by atoms with Crippen molar-refractivity contribution in [3.05, 3.63) is 53.9 Å². The van der Waals surface area contributed by atoms with E-state index < -0.39 is 10.0 Å². The summed E-state index contributed by atoms with van der Waals surface area (Å²) in [4.78, 5) is 12.2. The Kier molecular flexibility index (Phi) is 6.48. The number of H-pyrrole nitrogens is 1. The second-order valence-corrected chi connectivity index (χ2v) is 12.3. The Labute approximate surface area is 227 Å². The molecule has 3 N–H and O–H groups in total. The molecule has 39 heavy (non-hydrogen) atoms. The van der Waals surface area contributed by atoms with Crippen molar-refractivity contribution in [3.8, 4) is 6.07 Å². The summed E-state index contributed by atoms with van der Waals surface area (Å²) < 4.78 is 28.5. The zero-order valence-electron chi connectivity index (χ0n) is 21.9. The molecule has 5 heterocycles. The highest BCUT2D eigenvalue weighted by molar-refractivity contribution is 7.90. The van der Waals surface area contributed by atoms with Crippen LogP contribution in [-0.4, -0.2) is 62.1 Å². The van der Waals surface area contributed by atoms with Gasteiger partial charge in [0.2, 0.25) is 5.95 Å². The fourth-order valence-electron chi connectivity index (χ4n) is 5.89. The number of rotatable bonds is 8. The maximum Gasteiger partial charge on any atom is 0.269 e. The number of hydrogen-bond acceptors (Lipinski definition) is 9. The van der Waals surface area contributed by atoms with Gasteiger partial charge in [0.05, 0.1) is 16.4 Å². The van der Waals surface area contributed by atoms with Crippen molar-refractivity contribution in [2.75, 3.05) is 17.2 Å². The lowest BCUT2D eigenvalue weighted by atomic mass is 9.97. The third-order valence-corrected chi connectivity index (χ3v) is 9.42. The normalized spacial score (nSPS) is 21.2. The molecule has 12 heteroatoms. The first kappa shape index (κ1) is 25.3. The number of piperidine rings is 1. The molecule has 4 aromatic rings. The van der Waals surface area contributed by atoms with Crippen molar-refractivity contribution in [2.45, 2.75) is 69.0 Å². The average molecular weight is 546 g/mol. The Morgan fingerprint density at radius 3 is 2.51 bits per heavy atom. The quantitative estimate of drug-likeness (QED) is 0.298. The number of hydrogen-bond donors (Lipinski definition) is 3. The second-order valence-electron chi connectivity index (χ2n) is 10.5. The maximum absolute atomic E-state index is 13.6. The SMILES string of the molecule is Cc1ccc(S(=O)(=O)n2ccc3c(Nc4cc(C)[nH]n4)nc(N[C@@H]4C[C@H]5CC[C@@H](C4)N5CCC#N)nc32)cc1. The summed E-state index contributed by atoms with van der Waals surface area (Å²) in [6.45, 7) is 4.63. The molecule has 11 nitrogen and oxygen atoms in total. The van der Waals surface area contributed by atoms with Gasteiger partial charge < -0.3 is 10.6 Å². The van der Waals surface area contributed by atoms with Crippen LogP contribution in [0.2, 0.25) is 0 Å². The van der Waals surface area contributed by atoms with Crippen LogP contribution in [0, 0.1) is 25.2 Å². The van der Waals surface area contributed by atoms with Crippen molar-refractivity contribution in [3.63, 3.8) is 0 Å². The number of anilines is 3. The number of nitrogens with zero attached hydrogens (tertiary/aromatic N) is 6. The van der Waals surface area contributed by atoms with Gasteiger partial charge in [-0.2, -0.15) is 20.3 Å². The number of nitriles is 1. The van der Waals surface area contributed by atoms with Gasteiger partial charge in [-0.25, -0.2) is 12.4 Å². The van der Waals surface area contributed by atoms with Crippen molar-refractivity contribution in [2.24, 2.45) is 0 Å². The van der Waals surface area contributed by atoms with Crippen LogP contribution in [0.3, 0.4) is 0 Å². The van der Waals surface area contributed by atoms with Crippen molar-refractivity contribution < 1.29 is 8.42 Å². The van der Waals surface area contributed by atoms with Crippen molar-refractivity contribution in [1.29, 1.82) is 5.26 Å². The molecule has 2 aliphatic heterocycles. The van der Waals surface area contributed by atoms with E-state index in [0.717, 1.165) is 43.5 Å². The Hall–Kier alpha value is -3.95. The predicted octanol–water partition coefficient (Wildman–Crippen LogP) is 4.07. The van der Waals surface area contributed by atoms with E-state index in [4.69, 9.17) is 15.2 Å². The minimum atomic E-state index is -3.88. The third-order valence-electron chi connectivity index (χ3n) is 7.74. The van der Waals surface area contributed by atoms with E-state index in [1.807, 2.05) is 19.9 Å². The molecule has 1 aromatic carbocycles. The summed E-state index contributed by atoms with van der Waals surface area (Å²) in [6.07, 6.45) is 6.15. The standard InChI is InChI=1S/C27H31N9O2S/c1-17-4-8-22(9-5-17)39(37,38)36-13-10-23-25(30-24-14-18(2)33-34-24)31-27(32-26(23)36)29-19-15-20-6-7-21(16-19)35(20)12-3-11-28/h4-5,8-10,13-14,19-21H,3,6-7,12,15-16H2,1-2H3,(H3,29,30,31,32,33,34)/t19-,20-,21+. The Morgan fingerprint density at radius 1 is 1.10 bits per heavy atom. The molecule has 0 saturated carbocycles. The van der Waals surface area contributed by atoms with Crippen LogP contribution in [0.5, 0.6) is 0 Å². The zero-order chi connectivity index (χ0) is 27.1. The minimum absolute atomic E-state index is 0.149. The molecular weight excluding hydrogens is 514 g/mol. The largest absolute Gasteiger partial charge is 0.351 e. The number of aromatic nitrogens is 5. The van der Waals surface area contributed by atoms with Gasteiger partial charge in [-0.05, 0) is 57.7 Å². The van der Waals surface area contributed by atoms with Gasteiger partial charge in [-0.3, -0.25) is 10.00 Å². The van der Waals surface area contributed by atoms with E-state index in [2.05, 4.69) is 31.8 Å². The van der Waals surface area contributed by atoms with Gasteiger partial charge in [-0.15, -0.1) is 0 Å². The molecule has 202 valence electrons. The van der Waals surface area contributed by atoms with Crippen LogP contribution in [0.15, 0.2) is 47.5 Å². The molecule has 0 aliphatic carbocycles. The summed E-state index contributed by atoms with van der Waals surface area (Å²) in [5.41, 5.74) is 2.16. The molecule has 2 fully saturated rings. The fourth-order valence-corrected chi connectivity index (χ4v) is 7.19. The lowest BCUT2D eigenvalue weighted by molar-refractivity contribution is 0.135. The number of nitrogens with one attached hydrogen (secondary N) is 3. The Morgan fingerprint density at radius 2 is 1.85 bits per heavy atom. The zero-order valence-corrected chi connectivity index (χ0v) is 22.7. The summed E-state index contributed by atoms with van der Waals surface area (Å²) in [7, 11) is -3.88. The molecule has 0 amide bonds. The monoisotopic (exact) mass is 545 g/mol.